The highest BCUT2D eigenvalue weighted by Crippen LogP contribution is 2.43. The second-order valence-electron chi connectivity index (χ2n) is 13.4. The van der Waals surface area contributed by atoms with Crippen molar-refractivity contribution in [3.05, 3.63) is 146 Å². The normalized spacial score (nSPS) is 19.0. The zero-order valence-electron chi connectivity index (χ0n) is 31.3. The molecule has 2 aliphatic rings. The van der Waals surface area contributed by atoms with Crippen molar-refractivity contribution >= 4 is 39.0 Å². The van der Waals surface area contributed by atoms with Crippen LogP contribution in [-0.4, -0.2) is 42.3 Å². The Labute approximate surface area is 319 Å². The second kappa shape index (κ2) is 14.8. The second-order valence-corrected chi connectivity index (χ2v) is 14.3. The molecule has 5 aromatic rings. The van der Waals surface area contributed by atoms with Gasteiger partial charge in [-0.05, 0) is 123 Å². The molecule has 9 nitrogen and oxygen atoms in total. The summed E-state index contributed by atoms with van der Waals surface area (Å²) in [5.41, 5.74) is 22.2. The van der Waals surface area contributed by atoms with Crippen LogP contribution in [0.25, 0.3) is 11.1 Å². The van der Waals surface area contributed by atoms with Gasteiger partial charge in [0.15, 0.2) is 0 Å². The van der Waals surface area contributed by atoms with Crippen LogP contribution in [0.5, 0.6) is 11.5 Å². The van der Waals surface area contributed by atoms with Crippen LogP contribution in [0.2, 0.25) is 0 Å². The van der Waals surface area contributed by atoms with Crippen LogP contribution in [0.3, 0.4) is 0 Å². The Morgan fingerprint density at radius 2 is 0.981 bits per heavy atom. The number of pyridine rings is 1. The predicted octanol–water partition coefficient (Wildman–Crippen LogP) is 8.51. The summed E-state index contributed by atoms with van der Waals surface area (Å²) in [6.45, 7) is 11.9. The number of halogens is 1. The van der Waals surface area contributed by atoms with E-state index in [0.29, 0.717) is 11.7 Å². The molecule has 2 aliphatic heterocycles. The lowest BCUT2D eigenvalue weighted by Crippen LogP contribution is -2.23. The van der Waals surface area contributed by atoms with E-state index < -0.39 is 11.3 Å². The Morgan fingerprint density at radius 3 is 1.38 bits per heavy atom. The number of aliphatic imine (C=N–C) groups is 4. The van der Waals surface area contributed by atoms with Crippen LogP contribution in [-0.2, 0) is 11.3 Å². The fourth-order valence-corrected chi connectivity index (χ4v) is 7.51. The number of aromatic nitrogens is 1. The standard InChI is InChI=1S/C24H24N4O.C19H20BrN3O/c1-15-11-21(12-16(2)22(15)29-4)24(27-17(3)23(25)28-24)20-9-5-7-18(13-20)19-8-6-10-26-14-19;1-11-8-15(9-12(2)17(11)24-4)19(22-13(3)18(21)23-19)14-6-5-7-16(20)10-14/h5-14H,1-4H3,(H2,25,28);5-10H,1-4H3,(H2,21,23). The van der Waals surface area contributed by atoms with E-state index in [1.807, 2.05) is 96.3 Å². The molecule has 0 amide bonds. The average Bonchev–Trinajstić information content (AvgIpc) is 3.63. The number of hydrogen-bond donors (Lipinski definition) is 2. The smallest absolute Gasteiger partial charge is 0.204 e. The highest BCUT2D eigenvalue weighted by atomic mass is 79.9. The lowest BCUT2D eigenvalue weighted by molar-refractivity contribution is 0.407. The van der Waals surface area contributed by atoms with E-state index in [1.165, 1.54) is 0 Å². The summed E-state index contributed by atoms with van der Waals surface area (Å²) in [7, 11) is 3.38. The number of hydrogen-bond acceptors (Lipinski definition) is 9. The summed E-state index contributed by atoms with van der Waals surface area (Å²) >= 11 is 3.54. The van der Waals surface area contributed by atoms with E-state index >= 15 is 0 Å². The van der Waals surface area contributed by atoms with Gasteiger partial charge in [-0.1, -0.05) is 52.3 Å². The lowest BCUT2D eigenvalue weighted by atomic mass is 9.88. The minimum atomic E-state index is -0.909. The number of amidine groups is 2. The van der Waals surface area contributed by atoms with E-state index in [9.17, 15) is 0 Å². The van der Waals surface area contributed by atoms with Gasteiger partial charge in [0.05, 0.1) is 25.6 Å². The van der Waals surface area contributed by atoms with Crippen LogP contribution in [0, 0.1) is 27.7 Å². The molecule has 0 spiro atoms. The minimum absolute atomic E-state index is 0.461. The number of ether oxygens (including phenoxy) is 2. The molecule has 4 aromatic carbocycles. The summed E-state index contributed by atoms with van der Waals surface area (Å²) in [6.07, 6.45) is 3.63. The van der Waals surface area contributed by atoms with Crippen LogP contribution in [0.15, 0.2) is 122 Å². The van der Waals surface area contributed by atoms with E-state index in [0.717, 1.165) is 83.0 Å². The number of benzene rings is 4. The molecule has 4 N–H and O–H groups in total. The van der Waals surface area contributed by atoms with Gasteiger partial charge in [0, 0.05) is 39.1 Å². The van der Waals surface area contributed by atoms with Crippen molar-refractivity contribution < 1.29 is 9.47 Å². The number of nitrogens with two attached hydrogens (primary N) is 2. The van der Waals surface area contributed by atoms with E-state index in [4.69, 9.17) is 40.9 Å². The van der Waals surface area contributed by atoms with Crippen molar-refractivity contribution in [2.75, 3.05) is 14.2 Å². The fraction of sp³-hybridized carbons (Fsp3) is 0.233. The van der Waals surface area contributed by atoms with Crippen LogP contribution < -0.4 is 20.9 Å². The average molecular weight is 771 g/mol. The Bertz CT molecular complexity index is 2250. The van der Waals surface area contributed by atoms with Gasteiger partial charge in [-0.25, -0.2) is 20.0 Å². The molecule has 0 aliphatic carbocycles. The van der Waals surface area contributed by atoms with Crippen LogP contribution >= 0.6 is 15.9 Å². The molecule has 10 heteroatoms. The first-order chi connectivity index (χ1) is 25.3. The summed E-state index contributed by atoms with van der Waals surface area (Å²) in [5, 5.41) is 0. The van der Waals surface area contributed by atoms with E-state index in [2.05, 4.69) is 57.3 Å². The first kappa shape index (κ1) is 37.2. The molecular weight excluding hydrogens is 726 g/mol. The van der Waals surface area contributed by atoms with Crippen molar-refractivity contribution in [1.29, 1.82) is 0 Å². The molecular formula is C43H44BrN7O2. The monoisotopic (exact) mass is 769 g/mol. The maximum Gasteiger partial charge on any atom is 0.204 e. The summed E-state index contributed by atoms with van der Waals surface area (Å²) in [4.78, 5) is 23.6. The number of methoxy groups -OCH3 is 2. The largest absolute Gasteiger partial charge is 0.496 e. The molecule has 53 heavy (non-hydrogen) atoms. The van der Waals surface area contributed by atoms with Gasteiger partial charge in [0.2, 0.25) is 11.3 Å². The summed E-state index contributed by atoms with van der Waals surface area (Å²) in [5.74, 6) is 2.70. The number of aryl methyl sites for hydroxylation is 4. The highest BCUT2D eigenvalue weighted by Gasteiger charge is 2.40. The Kier molecular flexibility index (Phi) is 10.4. The molecule has 0 bridgehead atoms. The van der Waals surface area contributed by atoms with Crippen molar-refractivity contribution in [1.82, 2.24) is 4.98 Å². The zero-order valence-corrected chi connectivity index (χ0v) is 32.9. The maximum atomic E-state index is 6.19. The molecule has 2 atom stereocenters. The number of rotatable bonds is 7. The molecule has 2 unspecified atom stereocenters. The molecule has 7 rings (SSSR count). The third-order valence-corrected chi connectivity index (χ3v) is 10.1. The maximum absolute atomic E-state index is 6.19. The first-order valence-corrected chi connectivity index (χ1v) is 18.0. The fourth-order valence-electron chi connectivity index (χ4n) is 7.11. The van der Waals surface area contributed by atoms with Gasteiger partial charge in [0.1, 0.15) is 23.2 Å². The molecule has 0 fully saturated rings. The molecule has 0 saturated heterocycles. The van der Waals surface area contributed by atoms with Gasteiger partial charge < -0.3 is 20.9 Å². The van der Waals surface area contributed by atoms with Crippen molar-refractivity contribution in [3.8, 4) is 22.6 Å². The Balaban J connectivity index is 0.000000185. The topological polar surface area (TPSA) is 133 Å². The third kappa shape index (κ3) is 6.99. The van der Waals surface area contributed by atoms with Gasteiger partial charge in [-0.3, -0.25) is 4.98 Å². The van der Waals surface area contributed by atoms with E-state index in [1.54, 1.807) is 20.4 Å². The zero-order chi connectivity index (χ0) is 38.1. The van der Waals surface area contributed by atoms with Crippen molar-refractivity contribution in [3.63, 3.8) is 0 Å². The SMILES string of the molecule is COc1c(C)cc(C2(c3cccc(-c4cccnc4)c3)N=C(C)C(N)=N2)cc1C.COc1c(C)cc(C2(c3cccc(Br)c3)N=C(C)C(N)=N2)cc1C. The molecule has 3 heterocycles. The quantitative estimate of drug-likeness (QED) is 0.171. The highest BCUT2D eigenvalue weighted by molar-refractivity contribution is 9.10. The van der Waals surface area contributed by atoms with Gasteiger partial charge in [-0.2, -0.15) is 0 Å². The van der Waals surface area contributed by atoms with E-state index in [-0.39, 0.29) is 0 Å². The summed E-state index contributed by atoms with van der Waals surface area (Å²) in [6, 6.07) is 28.6. The predicted molar refractivity (Wildman–Crippen MR) is 220 cm³/mol. The van der Waals surface area contributed by atoms with Gasteiger partial charge in [-0.15, -0.1) is 0 Å². The number of nitrogens with zero attached hydrogens (tertiary/aromatic N) is 5. The molecule has 0 saturated carbocycles. The van der Waals surface area contributed by atoms with Gasteiger partial charge >= 0.3 is 0 Å². The summed E-state index contributed by atoms with van der Waals surface area (Å²) < 4.78 is 12.0. The molecule has 0 radical (unpaired) electrons. The lowest BCUT2D eigenvalue weighted by Gasteiger charge is -2.26. The first-order valence-electron chi connectivity index (χ1n) is 17.2. The molecule has 270 valence electrons. The van der Waals surface area contributed by atoms with Crippen molar-refractivity contribution in [2.45, 2.75) is 52.9 Å². The van der Waals surface area contributed by atoms with Crippen LogP contribution in [0.1, 0.15) is 58.4 Å². The third-order valence-electron chi connectivity index (χ3n) is 9.59. The molecule has 1 aromatic heterocycles. The van der Waals surface area contributed by atoms with Gasteiger partial charge in [0.25, 0.3) is 0 Å². The van der Waals surface area contributed by atoms with Crippen LogP contribution in [0.4, 0.5) is 0 Å². The van der Waals surface area contributed by atoms with Crippen molar-refractivity contribution in [2.24, 2.45) is 31.4 Å². The Hall–Kier alpha value is -5.61. The minimum Gasteiger partial charge on any atom is -0.496 e. The Morgan fingerprint density at radius 1 is 0.528 bits per heavy atom.